The van der Waals surface area contributed by atoms with E-state index in [0.29, 0.717) is 6.61 Å². The predicted octanol–water partition coefficient (Wildman–Crippen LogP) is 4.88. The minimum absolute atomic E-state index is 0.0949. The summed E-state index contributed by atoms with van der Waals surface area (Å²) in [6, 6.07) is 21.1. The van der Waals surface area contributed by atoms with Gasteiger partial charge >= 0.3 is 0 Å². The smallest absolute Gasteiger partial charge is 0.270 e. The van der Waals surface area contributed by atoms with Crippen molar-refractivity contribution in [2.75, 3.05) is 39.5 Å². The van der Waals surface area contributed by atoms with Crippen LogP contribution in [-0.2, 0) is 4.74 Å². The molecule has 0 unspecified atom stereocenters. The predicted molar refractivity (Wildman–Crippen MR) is 125 cm³/mol. The average molecular weight is 428 g/mol. The minimum Gasteiger partial charge on any atom is -0.492 e. The molecule has 3 aromatic rings. The number of morpholine rings is 1. The van der Waals surface area contributed by atoms with Gasteiger partial charge < -0.3 is 9.47 Å². The van der Waals surface area contributed by atoms with Crippen molar-refractivity contribution in [2.24, 2.45) is 0 Å². The lowest BCUT2D eigenvalue weighted by molar-refractivity contribution is -0.384. The number of ether oxygens (including phenoxy) is 2. The molecule has 0 aromatic heterocycles. The van der Waals surface area contributed by atoms with Gasteiger partial charge in [-0.1, -0.05) is 42.5 Å². The summed E-state index contributed by atoms with van der Waals surface area (Å²) in [7, 11) is 0. The third kappa shape index (κ3) is 4.02. The van der Waals surface area contributed by atoms with Crippen molar-refractivity contribution in [3.63, 3.8) is 0 Å². The molecule has 0 saturated carbocycles. The van der Waals surface area contributed by atoms with Gasteiger partial charge in [0.05, 0.1) is 18.1 Å². The summed E-state index contributed by atoms with van der Waals surface area (Å²) in [5.74, 6) is 0.810. The standard InChI is InChI=1S/C26H24N2O4/c29-28(30)20-9-10-23-21-6-2-3-7-22(21)24(25(23)18-20)17-19-5-1-4-8-26(19)32-16-13-27-11-14-31-15-12-27/h1-10,17-18H,11-16H2. The highest BCUT2D eigenvalue weighted by molar-refractivity contribution is 6.07. The van der Waals surface area contributed by atoms with Crippen LogP contribution in [-0.4, -0.2) is 49.3 Å². The van der Waals surface area contributed by atoms with Gasteiger partial charge in [0.25, 0.3) is 5.69 Å². The third-order valence-corrected chi connectivity index (χ3v) is 6.00. The molecule has 3 aromatic carbocycles. The first-order chi connectivity index (χ1) is 15.7. The number of non-ortho nitro benzene ring substituents is 1. The largest absolute Gasteiger partial charge is 0.492 e. The topological polar surface area (TPSA) is 64.8 Å². The Bertz CT molecular complexity index is 1180. The van der Waals surface area contributed by atoms with Gasteiger partial charge in [0.2, 0.25) is 0 Å². The van der Waals surface area contributed by atoms with Crippen molar-refractivity contribution in [2.45, 2.75) is 0 Å². The third-order valence-electron chi connectivity index (χ3n) is 6.00. The van der Waals surface area contributed by atoms with E-state index in [1.807, 2.05) is 42.5 Å². The van der Waals surface area contributed by atoms with E-state index in [4.69, 9.17) is 9.47 Å². The Labute approximate surface area is 186 Å². The van der Waals surface area contributed by atoms with Gasteiger partial charge in [0.15, 0.2) is 0 Å². The molecule has 1 aliphatic heterocycles. The maximum Gasteiger partial charge on any atom is 0.270 e. The summed E-state index contributed by atoms with van der Waals surface area (Å²) in [6.45, 7) is 4.86. The van der Waals surface area contributed by atoms with Crippen LogP contribution in [0.5, 0.6) is 5.75 Å². The van der Waals surface area contributed by atoms with E-state index in [2.05, 4.69) is 23.1 Å². The van der Waals surface area contributed by atoms with Crippen molar-refractivity contribution in [3.05, 3.63) is 93.5 Å². The molecule has 0 radical (unpaired) electrons. The first-order valence-corrected chi connectivity index (χ1v) is 10.8. The monoisotopic (exact) mass is 428 g/mol. The number of fused-ring (bicyclic) bond motifs is 3. The molecule has 1 fully saturated rings. The first kappa shape index (κ1) is 20.4. The molecule has 0 atom stereocenters. The Hall–Kier alpha value is -3.48. The molecule has 32 heavy (non-hydrogen) atoms. The first-order valence-electron chi connectivity index (χ1n) is 10.8. The van der Waals surface area contributed by atoms with Gasteiger partial charge in [-0.15, -0.1) is 0 Å². The van der Waals surface area contributed by atoms with E-state index in [1.165, 1.54) is 0 Å². The summed E-state index contributed by atoms with van der Waals surface area (Å²) in [6.07, 6.45) is 2.08. The zero-order valence-corrected chi connectivity index (χ0v) is 17.7. The summed E-state index contributed by atoms with van der Waals surface area (Å²) in [4.78, 5) is 13.4. The van der Waals surface area contributed by atoms with E-state index in [0.717, 1.165) is 72.0 Å². The van der Waals surface area contributed by atoms with Gasteiger partial charge in [-0.2, -0.15) is 0 Å². The maximum atomic E-state index is 11.4. The summed E-state index contributed by atoms with van der Waals surface area (Å²) >= 11 is 0. The fraction of sp³-hybridized carbons (Fsp3) is 0.231. The van der Waals surface area contributed by atoms with Gasteiger partial charge in [-0.3, -0.25) is 15.0 Å². The lowest BCUT2D eigenvalue weighted by Gasteiger charge is -2.26. The van der Waals surface area contributed by atoms with Crippen LogP contribution in [0.25, 0.3) is 22.8 Å². The second kappa shape index (κ2) is 8.94. The molecule has 0 amide bonds. The molecule has 1 saturated heterocycles. The Balaban J connectivity index is 1.47. The summed E-state index contributed by atoms with van der Waals surface area (Å²) < 4.78 is 11.6. The van der Waals surface area contributed by atoms with Gasteiger partial charge in [0.1, 0.15) is 12.4 Å². The van der Waals surface area contributed by atoms with E-state index < -0.39 is 0 Å². The lowest BCUT2D eigenvalue weighted by Crippen LogP contribution is -2.38. The highest BCUT2D eigenvalue weighted by Crippen LogP contribution is 2.46. The molecule has 162 valence electrons. The Morgan fingerprint density at radius 3 is 2.47 bits per heavy atom. The molecule has 6 heteroatoms. The SMILES string of the molecule is O=[N+]([O-])c1ccc2c(c1)C(=Cc1ccccc1OCCN1CCOCC1)c1ccccc1-2. The highest BCUT2D eigenvalue weighted by Gasteiger charge is 2.25. The highest BCUT2D eigenvalue weighted by atomic mass is 16.6. The van der Waals surface area contributed by atoms with E-state index >= 15 is 0 Å². The average Bonchev–Trinajstić information content (AvgIpc) is 3.14. The second-order valence-corrected chi connectivity index (χ2v) is 7.93. The number of rotatable bonds is 6. The molecule has 0 N–H and O–H groups in total. The van der Waals surface area contributed by atoms with Crippen molar-refractivity contribution >= 4 is 17.3 Å². The van der Waals surface area contributed by atoms with Gasteiger partial charge in [0, 0.05) is 37.3 Å². The van der Waals surface area contributed by atoms with Crippen LogP contribution in [0, 0.1) is 10.1 Å². The Morgan fingerprint density at radius 1 is 0.938 bits per heavy atom. The lowest BCUT2D eigenvalue weighted by atomic mass is 10.0. The number of benzene rings is 3. The summed E-state index contributed by atoms with van der Waals surface area (Å²) in [5.41, 5.74) is 6.09. The number of nitro benzene ring substituents is 1. The maximum absolute atomic E-state index is 11.4. The molecule has 1 aliphatic carbocycles. The van der Waals surface area contributed by atoms with E-state index in [9.17, 15) is 10.1 Å². The summed E-state index contributed by atoms with van der Waals surface area (Å²) in [5, 5.41) is 11.4. The molecule has 5 rings (SSSR count). The molecule has 6 nitrogen and oxygen atoms in total. The van der Waals surface area contributed by atoms with Crippen molar-refractivity contribution in [1.29, 1.82) is 0 Å². The molecule has 0 bridgehead atoms. The molecule has 2 aliphatic rings. The molecular weight excluding hydrogens is 404 g/mol. The van der Waals surface area contributed by atoms with Crippen molar-refractivity contribution in [3.8, 4) is 16.9 Å². The second-order valence-electron chi connectivity index (χ2n) is 7.93. The van der Waals surface area contributed by atoms with Crippen LogP contribution >= 0.6 is 0 Å². The number of nitrogens with zero attached hydrogens (tertiary/aromatic N) is 2. The zero-order valence-electron chi connectivity index (χ0n) is 17.7. The number of para-hydroxylation sites is 1. The van der Waals surface area contributed by atoms with Crippen molar-refractivity contribution in [1.82, 2.24) is 4.90 Å². The van der Waals surface area contributed by atoms with E-state index in [1.54, 1.807) is 12.1 Å². The Morgan fingerprint density at radius 2 is 1.66 bits per heavy atom. The van der Waals surface area contributed by atoms with Crippen LogP contribution in [0.4, 0.5) is 5.69 Å². The van der Waals surface area contributed by atoms with Crippen molar-refractivity contribution < 1.29 is 14.4 Å². The minimum atomic E-state index is -0.344. The fourth-order valence-electron chi connectivity index (χ4n) is 4.35. The van der Waals surface area contributed by atoms with Crippen LogP contribution in [0.3, 0.4) is 0 Å². The Kier molecular flexibility index (Phi) is 5.71. The fourth-order valence-corrected chi connectivity index (χ4v) is 4.35. The number of nitro groups is 1. The quantitative estimate of drug-likeness (QED) is 0.324. The number of hydrogen-bond acceptors (Lipinski definition) is 5. The number of hydrogen-bond donors (Lipinski definition) is 0. The van der Waals surface area contributed by atoms with Crippen LogP contribution in [0.15, 0.2) is 66.7 Å². The van der Waals surface area contributed by atoms with Crippen LogP contribution in [0.2, 0.25) is 0 Å². The van der Waals surface area contributed by atoms with Gasteiger partial charge in [-0.05, 0) is 46.0 Å². The molecule has 1 heterocycles. The van der Waals surface area contributed by atoms with Crippen LogP contribution < -0.4 is 4.74 Å². The zero-order chi connectivity index (χ0) is 21.9. The molecular formula is C26H24N2O4. The normalized spacial score (nSPS) is 16.6. The van der Waals surface area contributed by atoms with Gasteiger partial charge in [-0.25, -0.2) is 0 Å². The molecule has 0 spiro atoms. The van der Waals surface area contributed by atoms with E-state index in [-0.39, 0.29) is 10.6 Å². The van der Waals surface area contributed by atoms with Crippen LogP contribution in [0.1, 0.15) is 16.7 Å².